The summed E-state index contributed by atoms with van der Waals surface area (Å²) in [6.07, 6.45) is 2.93. The van der Waals surface area contributed by atoms with Crippen LogP contribution in [0.4, 0.5) is 0 Å². The Kier molecular flexibility index (Phi) is 4.87. The third-order valence-electron chi connectivity index (χ3n) is 3.23. The van der Waals surface area contributed by atoms with E-state index in [9.17, 15) is 4.79 Å². The lowest BCUT2D eigenvalue weighted by molar-refractivity contribution is -0.133. The van der Waals surface area contributed by atoms with Crippen LogP contribution in [-0.2, 0) is 16.1 Å². The Labute approximate surface area is 117 Å². The smallest absolute Gasteiger partial charge is 0.313 e. The summed E-state index contributed by atoms with van der Waals surface area (Å²) in [5, 5.41) is 9.59. The van der Waals surface area contributed by atoms with Crippen molar-refractivity contribution < 1.29 is 14.6 Å². The summed E-state index contributed by atoms with van der Waals surface area (Å²) in [5.41, 5.74) is 1.17. The maximum atomic E-state index is 10.7. The molecule has 1 aliphatic rings. The zero-order valence-electron chi connectivity index (χ0n) is 11.3. The van der Waals surface area contributed by atoms with Crippen molar-refractivity contribution in [3.05, 3.63) is 11.9 Å². The highest BCUT2D eigenvalue weighted by Gasteiger charge is 2.21. The van der Waals surface area contributed by atoms with E-state index in [-0.39, 0.29) is 5.75 Å². The number of hydrogen-bond donors (Lipinski definition) is 1. The molecule has 0 amide bonds. The van der Waals surface area contributed by atoms with Crippen molar-refractivity contribution in [2.24, 2.45) is 5.92 Å². The quantitative estimate of drug-likeness (QED) is 0.811. The van der Waals surface area contributed by atoms with Crippen molar-refractivity contribution in [3.63, 3.8) is 0 Å². The molecule has 0 saturated carbocycles. The van der Waals surface area contributed by atoms with Gasteiger partial charge < -0.3 is 14.4 Å². The van der Waals surface area contributed by atoms with E-state index >= 15 is 0 Å². The lowest BCUT2D eigenvalue weighted by atomic mass is 10.1. The predicted molar refractivity (Wildman–Crippen MR) is 73.6 cm³/mol. The molecule has 1 unspecified atom stereocenters. The SMILES string of the molecule is CC(C)c1cnc(SCC(=O)O)n1CC1CCOC1. The van der Waals surface area contributed by atoms with Crippen LogP contribution < -0.4 is 0 Å². The molecule has 1 aromatic rings. The van der Waals surface area contributed by atoms with E-state index in [2.05, 4.69) is 23.4 Å². The maximum Gasteiger partial charge on any atom is 0.313 e. The first kappa shape index (κ1) is 14.4. The van der Waals surface area contributed by atoms with Gasteiger partial charge in [0.05, 0.1) is 12.4 Å². The van der Waals surface area contributed by atoms with Crippen molar-refractivity contribution in [1.29, 1.82) is 0 Å². The van der Waals surface area contributed by atoms with E-state index in [0.29, 0.717) is 11.8 Å². The van der Waals surface area contributed by atoms with Gasteiger partial charge in [0.2, 0.25) is 0 Å². The fourth-order valence-electron chi connectivity index (χ4n) is 2.24. The first-order valence-electron chi connectivity index (χ1n) is 6.55. The number of rotatable bonds is 6. The average molecular weight is 284 g/mol. The summed E-state index contributed by atoms with van der Waals surface area (Å²) in [6.45, 7) is 6.75. The first-order chi connectivity index (χ1) is 9.08. The Morgan fingerprint density at radius 1 is 1.68 bits per heavy atom. The van der Waals surface area contributed by atoms with Crippen LogP contribution in [0.15, 0.2) is 11.4 Å². The monoisotopic (exact) mass is 284 g/mol. The third kappa shape index (κ3) is 3.73. The molecule has 1 fully saturated rings. The number of aliphatic carboxylic acids is 1. The van der Waals surface area contributed by atoms with Gasteiger partial charge in [-0.05, 0) is 12.3 Å². The summed E-state index contributed by atoms with van der Waals surface area (Å²) in [5.74, 6) is 0.134. The van der Waals surface area contributed by atoms with Gasteiger partial charge >= 0.3 is 5.97 Å². The lowest BCUT2D eigenvalue weighted by Crippen LogP contribution is -2.15. The van der Waals surface area contributed by atoms with E-state index in [1.165, 1.54) is 17.5 Å². The summed E-state index contributed by atoms with van der Waals surface area (Å²) in [6, 6.07) is 0. The van der Waals surface area contributed by atoms with Crippen LogP contribution in [0.25, 0.3) is 0 Å². The molecule has 1 aliphatic heterocycles. The van der Waals surface area contributed by atoms with Crippen LogP contribution in [0.3, 0.4) is 0 Å². The highest BCUT2D eigenvalue weighted by Crippen LogP contribution is 2.26. The average Bonchev–Trinajstić information content (AvgIpc) is 2.96. The zero-order valence-corrected chi connectivity index (χ0v) is 12.2. The van der Waals surface area contributed by atoms with Crippen LogP contribution >= 0.6 is 11.8 Å². The molecule has 6 heteroatoms. The zero-order chi connectivity index (χ0) is 13.8. The molecule has 0 aromatic carbocycles. The third-order valence-corrected chi connectivity index (χ3v) is 4.21. The fraction of sp³-hybridized carbons (Fsp3) is 0.692. The Balaban J connectivity index is 2.14. The number of hydrogen-bond acceptors (Lipinski definition) is 4. The van der Waals surface area contributed by atoms with E-state index in [1.54, 1.807) is 0 Å². The molecule has 0 radical (unpaired) electrons. The molecule has 0 spiro atoms. The van der Waals surface area contributed by atoms with Crippen molar-refractivity contribution in [1.82, 2.24) is 9.55 Å². The Morgan fingerprint density at radius 2 is 2.47 bits per heavy atom. The van der Waals surface area contributed by atoms with E-state index < -0.39 is 5.97 Å². The van der Waals surface area contributed by atoms with Gasteiger partial charge in [0.15, 0.2) is 5.16 Å². The van der Waals surface area contributed by atoms with Gasteiger partial charge in [-0.3, -0.25) is 4.79 Å². The Hall–Kier alpha value is -1.01. The van der Waals surface area contributed by atoms with Crippen molar-refractivity contribution in [2.45, 2.75) is 37.9 Å². The highest BCUT2D eigenvalue weighted by molar-refractivity contribution is 7.99. The molecule has 2 rings (SSSR count). The molecule has 1 atom stereocenters. The van der Waals surface area contributed by atoms with E-state index in [1.807, 2.05) is 6.20 Å². The number of thioether (sulfide) groups is 1. The Bertz CT molecular complexity index is 439. The molecule has 106 valence electrons. The number of nitrogens with zero attached hydrogens (tertiary/aromatic N) is 2. The number of carboxylic acid groups (broad SMARTS) is 1. The molecule has 19 heavy (non-hydrogen) atoms. The molecule has 1 N–H and O–H groups in total. The maximum absolute atomic E-state index is 10.7. The van der Waals surface area contributed by atoms with Gasteiger partial charge in [0, 0.05) is 31.0 Å². The molecule has 2 heterocycles. The number of aromatic nitrogens is 2. The molecule has 5 nitrogen and oxygen atoms in total. The van der Waals surface area contributed by atoms with Gasteiger partial charge in [0.25, 0.3) is 0 Å². The molecule has 0 bridgehead atoms. The minimum absolute atomic E-state index is 0.0513. The normalized spacial score (nSPS) is 19.2. The van der Waals surface area contributed by atoms with Crippen molar-refractivity contribution in [2.75, 3.05) is 19.0 Å². The second kappa shape index (κ2) is 6.43. The van der Waals surface area contributed by atoms with Crippen LogP contribution in [0.1, 0.15) is 31.9 Å². The van der Waals surface area contributed by atoms with E-state index in [0.717, 1.165) is 31.3 Å². The fourth-order valence-corrected chi connectivity index (χ4v) is 2.96. The molecule has 0 aliphatic carbocycles. The van der Waals surface area contributed by atoms with Gasteiger partial charge in [-0.15, -0.1) is 0 Å². The standard InChI is InChI=1S/C13H20N2O3S/c1-9(2)11-5-14-13(19-8-12(16)17)15(11)6-10-3-4-18-7-10/h5,9-10H,3-4,6-8H2,1-2H3,(H,16,17). The van der Waals surface area contributed by atoms with Crippen LogP contribution in [0.2, 0.25) is 0 Å². The highest BCUT2D eigenvalue weighted by atomic mass is 32.2. The van der Waals surface area contributed by atoms with Gasteiger partial charge in [-0.2, -0.15) is 0 Å². The summed E-state index contributed by atoms with van der Waals surface area (Å²) >= 11 is 1.29. The summed E-state index contributed by atoms with van der Waals surface area (Å²) in [4.78, 5) is 15.1. The number of carboxylic acids is 1. The molecular formula is C13H20N2O3S. The first-order valence-corrected chi connectivity index (χ1v) is 7.54. The number of carbonyl (C=O) groups is 1. The molecular weight excluding hydrogens is 264 g/mol. The molecule has 1 saturated heterocycles. The number of imidazole rings is 1. The predicted octanol–water partition coefficient (Wildman–Crippen LogP) is 2.22. The van der Waals surface area contributed by atoms with Crippen LogP contribution in [0.5, 0.6) is 0 Å². The Morgan fingerprint density at radius 3 is 3.05 bits per heavy atom. The second-order valence-corrected chi connectivity index (χ2v) is 6.09. The van der Waals surface area contributed by atoms with Crippen molar-refractivity contribution in [3.8, 4) is 0 Å². The number of ether oxygens (including phenoxy) is 1. The summed E-state index contributed by atoms with van der Waals surface area (Å²) in [7, 11) is 0. The van der Waals surface area contributed by atoms with Gasteiger partial charge in [-0.25, -0.2) is 4.98 Å². The lowest BCUT2D eigenvalue weighted by Gasteiger charge is -2.16. The van der Waals surface area contributed by atoms with Gasteiger partial charge in [-0.1, -0.05) is 25.6 Å². The second-order valence-electron chi connectivity index (χ2n) is 5.14. The van der Waals surface area contributed by atoms with E-state index in [4.69, 9.17) is 9.84 Å². The topological polar surface area (TPSA) is 64.3 Å². The van der Waals surface area contributed by atoms with Crippen LogP contribution in [0, 0.1) is 5.92 Å². The summed E-state index contributed by atoms with van der Waals surface area (Å²) < 4.78 is 7.57. The largest absolute Gasteiger partial charge is 0.481 e. The molecule has 1 aromatic heterocycles. The minimum Gasteiger partial charge on any atom is -0.481 e. The van der Waals surface area contributed by atoms with Gasteiger partial charge in [0.1, 0.15) is 0 Å². The van der Waals surface area contributed by atoms with Crippen LogP contribution in [-0.4, -0.2) is 39.6 Å². The minimum atomic E-state index is -0.810. The van der Waals surface area contributed by atoms with Crippen molar-refractivity contribution >= 4 is 17.7 Å².